The van der Waals surface area contributed by atoms with Crippen molar-refractivity contribution in [1.82, 2.24) is 20.5 Å². The molecule has 0 bridgehead atoms. The topological polar surface area (TPSA) is 65.0 Å². The van der Waals surface area contributed by atoms with Crippen molar-refractivity contribution < 1.29 is 13.5 Å². The highest BCUT2D eigenvalue weighted by molar-refractivity contribution is 5.79. The first-order valence-electron chi connectivity index (χ1n) is 10.9. The first-order valence-corrected chi connectivity index (χ1v) is 10.9. The summed E-state index contributed by atoms with van der Waals surface area (Å²) >= 11 is 0. The minimum atomic E-state index is -2.86. The second-order valence-corrected chi connectivity index (χ2v) is 7.85. The third-order valence-corrected chi connectivity index (χ3v) is 5.28. The first kappa shape index (κ1) is 23.7. The number of anilines is 1. The third kappa shape index (κ3) is 7.05. The summed E-state index contributed by atoms with van der Waals surface area (Å²) in [7, 11) is 2.13. The smallest absolute Gasteiger partial charge is 0.387 e. The van der Waals surface area contributed by atoms with Crippen molar-refractivity contribution in [2.24, 2.45) is 4.99 Å². The van der Waals surface area contributed by atoms with Gasteiger partial charge in [-0.1, -0.05) is 23.8 Å². The first-order chi connectivity index (χ1) is 15.4. The molecule has 2 heterocycles. The third-order valence-electron chi connectivity index (χ3n) is 5.28. The van der Waals surface area contributed by atoms with Crippen LogP contribution in [0.3, 0.4) is 0 Å². The lowest BCUT2D eigenvalue weighted by molar-refractivity contribution is -0.0504. The molecule has 9 heteroatoms. The molecule has 0 atom stereocenters. The fraction of sp³-hybridized carbons (Fsp3) is 0.478. The van der Waals surface area contributed by atoms with Gasteiger partial charge in [-0.05, 0) is 38.6 Å². The monoisotopic (exact) mass is 446 g/mol. The Balaban J connectivity index is 1.61. The molecule has 3 rings (SSSR count). The van der Waals surface area contributed by atoms with E-state index in [-0.39, 0.29) is 5.75 Å². The second kappa shape index (κ2) is 11.6. The summed E-state index contributed by atoms with van der Waals surface area (Å²) < 4.78 is 30.0. The van der Waals surface area contributed by atoms with Crippen LogP contribution in [0.4, 0.5) is 14.6 Å². The van der Waals surface area contributed by atoms with Crippen LogP contribution in [0.5, 0.6) is 5.75 Å². The number of nitrogens with zero attached hydrogens (tertiary/aromatic N) is 4. The molecule has 0 amide bonds. The molecule has 0 radical (unpaired) electrons. The Morgan fingerprint density at radius 2 is 1.94 bits per heavy atom. The maximum atomic E-state index is 12.7. The van der Waals surface area contributed by atoms with Crippen molar-refractivity contribution in [3.8, 4) is 5.75 Å². The van der Waals surface area contributed by atoms with Crippen LogP contribution in [0.2, 0.25) is 0 Å². The summed E-state index contributed by atoms with van der Waals surface area (Å²) in [6.45, 7) is 6.51. The van der Waals surface area contributed by atoms with E-state index in [2.05, 4.69) is 42.2 Å². The van der Waals surface area contributed by atoms with Gasteiger partial charge in [0, 0.05) is 51.0 Å². The number of aromatic nitrogens is 1. The van der Waals surface area contributed by atoms with Crippen LogP contribution in [0, 0.1) is 6.92 Å². The molecule has 1 aliphatic heterocycles. The zero-order valence-corrected chi connectivity index (χ0v) is 18.9. The van der Waals surface area contributed by atoms with Gasteiger partial charge in [-0.3, -0.25) is 0 Å². The summed E-state index contributed by atoms with van der Waals surface area (Å²) in [5.41, 5.74) is 2.61. The Hall–Kier alpha value is -2.94. The van der Waals surface area contributed by atoms with Crippen LogP contribution in [0.1, 0.15) is 23.6 Å². The summed E-state index contributed by atoms with van der Waals surface area (Å²) in [5, 5.41) is 6.38. The molecule has 0 aliphatic carbocycles. The van der Waals surface area contributed by atoms with Gasteiger partial charge in [0.05, 0.1) is 6.54 Å². The molecule has 174 valence electrons. The number of alkyl halides is 2. The van der Waals surface area contributed by atoms with Crippen LogP contribution in [0.25, 0.3) is 0 Å². The Bertz CT molecular complexity index is 883. The molecule has 1 aliphatic rings. The van der Waals surface area contributed by atoms with E-state index in [0.29, 0.717) is 31.2 Å². The average molecular weight is 447 g/mol. The number of rotatable bonds is 8. The summed E-state index contributed by atoms with van der Waals surface area (Å²) in [6, 6.07) is 9.23. The molecular weight excluding hydrogens is 414 g/mol. The zero-order chi connectivity index (χ0) is 22.9. The van der Waals surface area contributed by atoms with Gasteiger partial charge in [-0.25, -0.2) is 9.98 Å². The number of hydrogen-bond donors (Lipinski definition) is 2. The molecule has 2 aromatic rings. The highest BCUT2D eigenvalue weighted by Crippen LogP contribution is 2.22. The Morgan fingerprint density at radius 1 is 1.16 bits per heavy atom. The average Bonchev–Trinajstić information content (AvgIpc) is 2.78. The van der Waals surface area contributed by atoms with Gasteiger partial charge in [-0.2, -0.15) is 8.78 Å². The molecule has 32 heavy (non-hydrogen) atoms. The van der Waals surface area contributed by atoms with Crippen molar-refractivity contribution >= 4 is 11.8 Å². The van der Waals surface area contributed by atoms with Crippen LogP contribution in [-0.2, 0) is 13.1 Å². The Morgan fingerprint density at radius 3 is 2.59 bits per heavy atom. The SMILES string of the molecule is CCNC(=NCc1ccc(N2CCN(C)CC2)nc1)NCc1cc(C)ccc1OC(F)F. The van der Waals surface area contributed by atoms with Crippen LogP contribution >= 0.6 is 0 Å². The fourth-order valence-corrected chi connectivity index (χ4v) is 3.48. The molecule has 7 nitrogen and oxygen atoms in total. The number of guanidine groups is 1. The van der Waals surface area contributed by atoms with E-state index >= 15 is 0 Å². The Labute approximate surface area is 188 Å². The zero-order valence-electron chi connectivity index (χ0n) is 18.9. The molecule has 1 aromatic carbocycles. The highest BCUT2D eigenvalue weighted by atomic mass is 19.3. The number of nitrogens with one attached hydrogen (secondary N) is 2. The van der Waals surface area contributed by atoms with Crippen molar-refractivity contribution in [2.45, 2.75) is 33.5 Å². The van der Waals surface area contributed by atoms with Gasteiger partial charge in [0.1, 0.15) is 11.6 Å². The van der Waals surface area contributed by atoms with Crippen LogP contribution < -0.4 is 20.3 Å². The van der Waals surface area contributed by atoms with Gasteiger partial charge in [-0.15, -0.1) is 0 Å². The van der Waals surface area contributed by atoms with E-state index in [1.54, 1.807) is 12.1 Å². The molecule has 1 aromatic heterocycles. The maximum Gasteiger partial charge on any atom is 0.387 e. The van der Waals surface area contributed by atoms with Crippen LogP contribution in [-0.4, -0.2) is 62.2 Å². The summed E-state index contributed by atoms with van der Waals surface area (Å²) in [4.78, 5) is 13.8. The fourth-order valence-electron chi connectivity index (χ4n) is 3.48. The second-order valence-electron chi connectivity index (χ2n) is 7.85. The number of piperazine rings is 1. The van der Waals surface area contributed by atoms with Crippen molar-refractivity contribution in [3.63, 3.8) is 0 Å². The van der Waals surface area contributed by atoms with Crippen molar-refractivity contribution in [3.05, 3.63) is 53.2 Å². The lowest BCUT2D eigenvalue weighted by Gasteiger charge is -2.33. The van der Waals surface area contributed by atoms with Crippen molar-refractivity contribution in [2.75, 3.05) is 44.7 Å². The number of likely N-dealkylation sites (N-methyl/N-ethyl adjacent to an activating group) is 1. The minimum Gasteiger partial charge on any atom is -0.434 e. The maximum absolute atomic E-state index is 12.7. The number of ether oxygens (including phenoxy) is 1. The van der Waals surface area contributed by atoms with E-state index < -0.39 is 6.61 Å². The van der Waals surface area contributed by atoms with E-state index in [1.807, 2.05) is 38.2 Å². The molecule has 2 N–H and O–H groups in total. The normalized spacial score (nSPS) is 15.2. The van der Waals surface area contributed by atoms with E-state index in [4.69, 9.17) is 0 Å². The van der Waals surface area contributed by atoms with Gasteiger partial charge in [0.25, 0.3) is 0 Å². The molecular formula is C23H32F2N6O. The molecule has 1 saturated heterocycles. The van der Waals surface area contributed by atoms with Crippen LogP contribution in [0.15, 0.2) is 41.5 Å². The predicted octanol–water partition coefficient (Wildman–Crippen LogP) is 3.00. The highest BCUT2D eigenvalue weighted by Gasteiger charge is 2.15. The quantitative estimate of drug-likeness (QED) is 0.480. The number of pyridine rings is 1. The van der Waals surface area contributed by atoms with Crippen molar-refractivity contribution in [1.29, 1.82) is 0 Å². The lowest BCUT2D eigenvalue weighted by Crippen LogP contribution is -2.44. The standard InChI is InChI=1S/C23H32F2N6O/c1-4-26-23(29-16-19-13-17(2)5-7-20(19)32-22(24)25)28-15-18-6-8-21(27-14-18)31-11-9-30(3)10-12-31/h5-8,13-14,22H,4,9-12,15-16H2,1-3H3,(H2,26,28,29). The molecule has 1 fully saturated rings. The van der Waals surface area contributed by atoms with Gasteiger partial charge >= 0.3 is 6.61 Å². The number of aryl methyl sites for hydroxylation is 1. The lowest BCUT2D eigenvalue weighted by atomic mass is 10.1. The van der Waals surface area contributed by atoms with Gasteiger partial charge < -0.3 is 25.2 Å². The van der Waals surface area contributed by atoms with E-state index in [9.17, 15) is 8.78 Å². The number of halogens is 2. The molecule has 0 unspecified atom stereocenters. The van der Waals surface area contributed by atoms with Gasteiger partial charge in [0.2, 0.25) is 0 Å². The number of aliphatic imine (C=N–C) groups is 1. The van der Waals surface area contributed by atoms with Gasteiger partial charge in [0.15, 0.2) is 5.96 Å². The molecule has 0 spiro atoms. The number of benzene rings is 1. The van der Waals surface area contributed by atoms with E-state index in [1.165, 1.54) is 0 Å². The predicted molar refractivity (Wildman–Crippen MR) is 123 cm³/mol. The van der Waals surface area contributed by atoms with E-state index in [0.717, 1.165) is 43.1 Å². The largest absolute Gasteiger partial charge is 0.434 e. The summed E-state index contributed by atoms with van der Waals surface area (Å²) in [5.74, 6) is 1.75. The Kier molecular flexibility index (Phi) is 8.61. The number of hydrogen-bond acceptors (Lipinski definition) is 5. The summed E-state index contributed by atoms with van der Waals surface area (Å²) in [6.07, 6.45) is 1.86. The minimum absolute atomic E-state index is 0.164. The molecule has 0 saturated carbocycles.